The first-order chi connectivity index (χ1) is 14.2. The average molecular weight is 451 g/mol. The van der Waals surface area contributed by atoms with Crippen LogP contribution in [0, 0.1) is 0 Å². The van der Waals surface area contributed by atoms with Crippen LogP contribution >= 0.6 is 0 Å². The first kappa shape index (κ1) is 22.9. The fourth-order valence-electron chi connectivity index (χ4n) is 3.71. The molecule has 0 spiro atoms. The molecule has 0 bridgehead atoms. The van der Waals surface area contributed by atoms with Gasteiger partial charge in [0.05, 0.1) is 9.79 Å². The van der Waals surface area contributed by atoms with Crippen molar-refractivity contribution in [1.82, 2.24) is 9.44 Å². The highest BCUT2D eigenvalue weighted by atomic mass is 32.2. The zero-order valence-corrected chi connectivity index (χ0v) is 19.1. The summed E-state index contributed by atoms with van der Waals surface area (Å²) in [4.78, 5) is 0.524. The van der Waals surface area contributed by atoms with Gasteiger partial charge in [-0.05, 0) is 73.9 Å². The summed E-state index contributed by atoms with van der Waals surface area (Å²) in [7, 11) is -7.15. The number of hydrogen-bond donors (Lipinski definition) is 2. The fraction of sp³-hybridized carbons (Fsp3) is 0.455. The van der Waals surface area contributed by atoms with Crippen molar-refractivity contribution in [3.63, 3.8) is 0 Å². The summed E-state index contributed by atoms with van der Waals surface area (Å²) in [6, 6.07) is 13.4. The predicted octanol–water partition coefficient (Wildman–Crippen LogP) is 3.38. The third-order valence-corrected chi connectivity index (χ3v) is 8.73. The van der Waals surface area contributed by atoms with Gasteiger partial charge in [-0.15, -0.1) is 0 Å². The van der Waals surface area contributed by atoms with Crippen molar-refractivity contribution < 1.29 is 16.8 Å². The van der Waals surface area contributed by atoms with Crippen LogP contribution in [-0.2, 0) is 32.9 Å². The maximum absolute atomic E-state index is 12.6. The lowest BCUT2D eigenvalue weighted by Gasteiger charge is -2.29. The van der Waals surface area contributed by atoms with Crippen LogP contribution in [0.25, 0.3) is 0 Å². The van der Waals surface area contributed by atoms with Crippen LogP contribution in [-0.4, -0.2) is 28.9 Å². The average Bonchev–Trinajstić information content (AvgIpc) is 2.75. The van der Waals surface area contributed by atoms with Crippen molar-refractivity contribution in [3.8, 4) is 0 Å². The van der Waals surface area contributed by atoms with Crippen molar-refractivity contribution in [2.75, 3.05) is 0 Å². The van der Waals surface area contributed by atoms with Crippen LogP contribution in [0.5, 0.6) is 0 Å². The smallest absolute Gasteiger partial charge is 0.208 e. The van der Waals surface area contributed by atoms with Crippen molar-refractivity contribution in [3.05, 3.63) is 59.7 Å². The van der Waals surface area contributed by atoms with Crippen molar-refractivity contribution in [2.45, 2.75) is 74.2 Å². The maximum Gasteiger partial charge on any atom is 0.240 e. The number of sulfonamides is 2. The van der Waals surface area contributed by atoms with Gasteiger partial charge in [-0.1, -0.05) is 38.1 Å². The SMILES string of the molecule is CCc1ccc(S(=O)(=O)NC2CCC(NS(=O)(=O)c3ccc(CC)cc3)CC2)cc1. The van der Waals surface area contributed by atoms with E-state index in [1.54, 1.807) is 24.3 Å². The van der Waals surface area contributed by atoms with Crippen LogP contribution in [0.3, 0.4) is 0 Å². The largest absolute Gasteiger partial charge is 0.240 e. The lowest BCUT2D eigenvalue weighted by molar-refractivity contribution is 0.356. The number of rotatable bonds is 8. The Morgan fingerprint density at radius 3 is 1.20 bits per heavy atom. The Morgan fingerprint density at radius 1 is 0.633 bits per heavy atom. The molecular formula is C22H30N2O4S2. The van der Waals surface area contributed by atoms with E-state index in [0.29, 0.717) is 25.7 Å². The number of hydrogen-bond acceptors (Lipinski definition) is 4. The van der Waals surface area contributed by atoms with Crippen LogP contribution in [0.1, 0.15) is 50.7 Å². The lowest BCUT2D eigenvalue weighted by atomic mass is 9.92. The molecule has 1 aliphatic carbocycles. The summed E-state index contributed by atoms with van der Waals surface area (Å²) in [6.45, 7) is 4.04. The van der Waals surface area contributed by atoms with E-state index in [1.807, 2.05) is 38.1 Å². The van der Waals surface area contributed by atoms with Crippen LogP contribution < -0.4 is 9.44 Å². The van der Waals surface area contributed by atoms with E-state index in [1.165, 1.54) is 0 Å². The van der Waals surface area contributed by atoms with Gasteiger partial charge < -0.3 is 0 Å². The highest BCUT2D eigenvalue weighted by molar-refractivity contribution is 7.89. The molecule has 2 N–H and O–H groups in total. The lowest BCUT2D eigenvalue weighted by Crippen LogP contribution is -2.43. The predicted molar refractivity (Wildman–Crippen MR) is 118 cm³/mol. The summed E-state index contributed by atoms with van der Waals surface area (Å²) in [5, 5.41) is 0. The zero-order chi connectivity index (χ0) is 21.8. The molecule has 0 amide bonds. The molecule has 30 heavy (non-hydrogen) atoms. The van der Waals surface area contributed by atoms with E-state index >= 15 is 0 Å². The summed E-state index contributed by atoms with van der Waals surface area (Å²) in [5.74, 6) is 0. The van der Waals surface area contributed by atoms with E-state index in [0.717, 1.165) is 24.0 Å². The second-order valence-corrected chi connectivity index (χ2v) is 11.2. The molecule has 0 atom stereocenters. The number of benzene rings is 2. The maximum atomic E-state index is 12.6. The zero-order valence-electron chi connectivity index (χ0n) is 17.5. The van der Waals surface area contributed by atoms with Gasteiger partial charge in [0.15, 0.2) is 0 Å². The molecule has 0 aromatic heterocycles. The van der Waals surface area contributed by atoms with Crippen LogP contribution in [0.2, 0.25) is 0 Å². The van der Waals surface area contributed by atoms with Gasteiger partial charge in [-0.2, -0.15) is 0 Å². The standard InChI is InChI=1S/C22H30N2O4S2/c1-3-17-5-13-21(14-6-17)29(25,26)23-19-9-11-20(12-10-19)24-30(27,28)22-15-7-18(4-2)8-16-22/h5-8,13-16,19-20,23-24H,3-4,9-12H2,1-2H3. The van der Waals surface area contributed by atoms with Crippen molar-refractivity contribution in [1.29, 1.82) is 0 Å². The van der Waals surface area contributed by atoms with E-state index in [2.05, 4.69) is 9.44 Å². The van der Waals surface area contributed by atoms with Crippen LogP contribution in [0.15, 0.2) is 58.3 Å². The molecule has 0 saturated heterocycles. The highest BCUT2D eigenvalue weighted by Crippen LogP contribution is 2.23. The Morgan fingerprint density at radius 2 is 0.933 bits per heavy atom. The number of nitrogens with one attached hydrogen (secondary N) is 2. The normalized spacial score (nSPS) is 20.2. The van der Waals surface area contributed by atoms with Gasteiger partial charge in [0.1, 0.15) is 0 Å². The molecule has 0 unspecified atom stereocenters. The minimum Gasteiger partial charge on any atom is -0.208 e. The molecule has 6 nitrogen and oxygen atoms in total. The summed E-state index contributed by atoms with van der Waals surface area (Å²) >= 11 is 0. The third kappa shape index (κ3) is 5.69. The minimum absolute atomic E-state index is 0.189. The van der Waals surface area contributed by atoms with Gasteiger partial charge in [0, 0.05) is 12.1 Å². The first-order valence-electron chi connectivity index (χ1n) is 10.5. The van der Waals surface area contributed by atoms with E-state index < -0.39 is 20.0 Å². The minimum atomic E-state index is -3.58. The molecule has 2 aromatic carbocycles. The first-order valence-corrected chi connectivity index (χ1v) is 13.4. The molecule has 2 aromatic rings. The molecular weight excluding hydrogens is 420 g/mol. The Bertz CT molecular complexity index is 952. The second kappa shape index (κ2) is 9.60. The fourth-order valence-corrected chi connectivity index (χ4v) is 6.32. The van der Waals surface area contributed by atoms with E-state index in [-0.39, 0.29) is 21.9 Å². The van der Waals surface area contributed by atoms with Crippen molar-refractivity contribution in [2.24, 2.45) is 0 Å². The Hall–Kier alpha value is -1.74. The molecule has 0 heterocycles. The molecule has 1 saturated carbocycles. The topological polar surface area (TPSA) is 92.3 Å². The summed E-state index contributed by atoms with van der Waals surface area (Å²) < 4.78 is 56.0. The highest BCUT2D eigenvalue weighted by Gasteiger charge is 2.28. The monoisotopic (exact) mass is 450 g/mol. The summed E-state index contributed by atoms with van der Waals surface area (Å²) in [6.07, 6.45) is 4.08. The Kier molecular flexibility index (Phi) is 7.34. The quantitative estimate of drug-likeness (QED) is 0.645. The van der Waals surface area contributed by atoms with Crippen molar-refractivity contribution >= 4 is 20.0 Å². The van der Waals surface area contributed by atoms with E-state index in [4.69, 9.17) is 0 Å². The Labute approximate surface area is 180 Å². The molecule has 1 fully saturated rings. The molecule has 8 heteroatoms. The van der Waals surface area contributed by atoms with Gasteiger partial charge >= 0.3 is 0 Å². The molecule has 1 aliphatic rings. The Balaban J connectivity index is 1.56. The second-order valence-electron chi connectivity index (χ2n) is 7.79. The van der Waals surface area contributed by atoms with Crippen LogP contribution in [0.4, 0.5) is 0 Å². The van der Waals surface area contributed by atoms with Gasteiger partial charge in [0.2, 0.25) is 20.0 Å². The molecule has 0 aliphatic heterocycles. The third-order valence-electron chi connectivity index (χ3n) is 5.65. The molecule has 164 valence electrons. The molecule has 0 radical (unpaired) electrons. The van der Waals surface area contributed by atoms with Gasteiger partial charge in [0.25, 0.3) is 0 Å². The number of aryl methyl sites for hydroxylation is 2. The van der Waals surface area contributed by atoms with Gasteiger partial charge in [-0.3, -0.25) is 0 Å². The van der Waals surface area contributed by atoms with E-state index in [9.17, 15) is 16.8 Å². The van der Waals surface area contributed by atoms with Gasteiger partial charge in [-0.25, -0.2) is 26.3 Å². The summed E-state index contributed by atoms with van der Waals surface area (Å²) in [5.41, 5.74) is 2.18. The molecule has 3 rings (SSSR count).